The first-order valence-corrected chi connectivity index (χ1v) is 7.12. The number of hydrogen-bond acceptors (Lipinski definition) is 4. The van der Waals surface area contributed by atoms with Crippen molar-refractivity contribution in [1.82, 2.24) is 14.8 Å². The van der Waals surface area contributed by atoms with E-state index in [1.54, 1.807) is 4.68 Å². The molecule has 7 heteroatoms. The van der Waals surface area contributed by atoms with E-state index < -0.39 is 16.6 Å². The van der Waals surface area contributed by atoms with Crippen molar-refractivity contribution in [1.29, 1.82) is 0 Å². The summed E-state index contributed by atoms with van der Waals surface area (Å²) in [5, 5.41) is 4.07. The lowest BCUT2D eigenvalue weighted by Crippen LogP contribution is -2.11. The van der Waals surface area contributed by atoms with Crippen LogP contribution in [0.25, 0.3) is 0 Å². The molecular formula is C12H15FN4OS. The van der Waals surface area contributed by atoms with Crippen molar-refractivity contribution in [2.75, 3.05) is 5.73 Å². The van der Waals surface area contributed by atoms with Crippen molar-refractivity contribution >= 4 is 16.5 Å². The van der Waals surface area contributed by atoms with E-state index in [0.29, 0.717) is 16.4 Å². The maximum atomic E-state index is 13.2. The average Bonchev–Trinajstić information content (AvgIpc) is 2.80. The Morgan fingerprint density at radius 3 is 2.89 bits per heavy atom. The highest BCUT2D eigenvalue weighted by molar-refractivity contribution is 7.84. The predicted octanol–water partition coefficient (Wildman–Crippen LogP) is 1.89. The smallest absolute Gasteiger partial charge is 0.140 e. The molecule has 0 saturated heterocycles. The zero-order valence-corrected chi connectivity index (χ0v) is 11.5. The Kier molecular flexibility index (Phi) is 3.94. The Labute approximate surface area is 113 Å². The van der Waals surface area contributed by atoms with Gasteiger partial charge in [-0.2, -0.15) is 5.10 Å². The van der Waals surface area contributed by atoms with Gasteiger partial charge in [-0.05, 0) is 32.0 Å². The van der Waals surface area contributed by atoms with E-state index in [4.69, 9.17) is 5.73 Å². The van der Waals surface area contributed by atoms with Gasteiger partial charge < -0.3 is 5.73 Å². The van der Waals surface area contributed by atoms with E-state index >= 15 is 0 Å². The van der Waals surface area contributed by atoms with E-state index in [2.05, 4.69) is 10.1 Å². The topological polar surface area (TPSA) is 73.8 Å². The molecule has 2 rings (SSSR count). The summed E-state index contributed by atoms with van der Waals surface area (Å²) in [4.78, 5) is 4.37. The van der Waals surface area contributed by atoms with E-state index in [1.807, 2.05) is 13.8 Å². The van der Waals surface area contributed by atoms with Crippen LogP contribution in [0.15, 0.2) is 29.4 Å². The van der Waals surface area contributed by atoms with Gasteiger partial charge in [0.2, 0.25) is 0 Å². The third kappa shape index (κ3) is 2.98. The molecule has 19 heavy (non-hydrogen) atoms. The third-order valence-corrected chi connectivity index (χ3v) is 3.98. The molecule has 1 aromatic carbocycles. The fourth-order valence-corrected chi connectivity index (χ4v) is 2.88. The molecule has 0 aliphatic carbocycles. The molecule has 1 heterocycles. The molecule has 102 valence electrons. The molecular weight excluding hydrogens is 267 g/mol. The Hall–Kier alpha value is -1.76. The molecule has 1 aromatic heterocycles. The summed E-state index contributed by atoms with van der Waals surface area (Å²) in [6.07, 6.45) is 1.42. The zero-order valence-electron chi connectivity index (χ0n) is 10.7. The number of nitrogens with two attached hydrogens (primary N) is 1. The fraction of sp³-hybridized carbons (Fsp3) is 0.333. The summed E-state index contributed by atoms with van der Waals surface area (Å²) >= 11 is 0. The molecule has 0 fully saturated rings. The van der Waals surface area contributed by atoms with Gasteiger partial charge in [-0.15, -0.1) is 0 Å². The molecule has 0 aliphatic heterocycles. The first-order valence-electron chi connectivity index (χ1n) is 5.81. The lowest BCUT2D eigenvalue weighted by atomic mass is 10.3. The monoisotopic (exact) mass is 282 g/mol. The highest BCUT2D eigenvalue weighted by Crippen LogP contribution is 2.20. The van der Waals surface area contributed by atoms with Gasteiger partial charge in [-0.1, -0.05) is 0 Å². The Morgan fingerprint density at radius 1 is 1.47 bits per heavy atom. The van der Waals surface area contributed by atoms with Crippen LogP contribution in [0.1, 0.15) is 25.7 Å². The highest BCUT2D eigenvalue weighted by atomic mass is 32.2. The third-order valence-electron chi connectivity index (χ3n) is 2.62. The first-order chi connectivity index (χ1) is 8.99. The van der Waals surface area contributed by atoms with Gasteiger partial charge in [0.05, 0.1) is 21.4 Å². The van der Waals surface area contributed by atoms with Crippen molar-refractivity contribution in [3.8, 4) is 0 Å². The second-order valence-electron chi connectivity index (χ2n) is 4.39. The Morgan fingerprint density at radius 2 is 2.21 bits per heavy atom. The number of aromatic nitrogens is 3. The summed E-state index contributed by atoms with van der Waals surface area (Å²) < 4.78 is 27.1. The molecule has 2 aromatic rings. The maximum Gasteiger partial charge on any atom is 0.140 e. The minimum absolute atomic E-state index is 0.124. The van der Waals surface area contributed by atoms with Crippen LogP contribution in [0.5, 0.6) is 0 Å². The molecule has 0 aliphatic rings. The van der Waals surface area contributed by atoms with Gasteiger partial charge >= 0.3 is 0 Å². The SMILES string of the molecule is CC(C)n1ncnc1CS(=O)c1cc(F)ccc1N. The van der Waals surface area contributed by atoms with Gasteiger partial charge in [0.15, 0.2) is 0 Å². The van der Waals surface area contributed by atoms with Crippen molar-refractivity contribution in [3.05, 3.63) is 36.2 Å². The molecule has 0 amide bonds. The number of anilines is 1. The number of rotatable bonds is 4. The van der Waals surface area contributed by atoms with E-state index in [-0.39, 0.29) is 11.8 Å². The number of benzene rings is 1. The predicted molar refractivity (Wildman–Crippen MR) is 71.3 cm³/mol. The summed E-state index contributed by atoms with van der Waals surface area (Å²) in [5.41, 5.74) is 6.03. The molecule has 1 atom stereocenters. The van der Waals surface area contributed by atoms with Crippen LogP contribution < -0.4 is 5.73 Å². The van der Waals surface area contributed by atoms with E-state index in [1.165, 1.54) is 24.5 Å². The van der Waals surface area contributed by atoms with E-state index in [0.717, 1.165) is 0 Å². The maximum absolute atomic E-state index is 13.2. The molecule has 0 saturated carbocycles. The molecule has 0 spiro atoms. The number of hydrogen-bond donors (Lipinski definition) is 1. The van der Waals surface area contributed by atoms with Crippen LogP contribution in [0.4, 0.5) is 10.1 Å². The Bertz CT molecular complexity index is 612. The minimum atomic E-state index is -1.45. The van der Waals surface area contributed by atoms with Gasteiger partial charge in [0.1, 0.15) is 18.0 Å². The zero-order chi connectivity index (χ0) is 14.0. The number of nitrogens with zero attached hydrogens (tertiary/aromatic N) is 3. The van der Waals surface area contributed by atoms with Gasteiger partial charge in [0, 0.05) is 11.7 Å². The lowest BCUT2D eigenvalue weighted by molar-refractivity contribution is 0.513. The highest BCUT2D eigenvalue weighted by Gasteiger charge is 2.15. The molecule has 0 radical (unpaired) electrons. The summed E-state index contributed by atoms with van der Waals surface area (Å²) in [6, 6.07) is 3.98. The van der Waals surface area contributed by atoms with Crippen molar-refractivity contribution in [2.45, 2.75) is 30.5 Å². The van der Waals surface area contributed by atoms with Crippen LogP contribution in [0, 0.1) is 5.82 Å². The second-order valence-corrected chi connectivity index (χ2v) is 5.81. The summed E-state index contributed by atoms with van der Waals surface area (Å²) in [7, 11) is -1.45. The molecule has 5 nitrogen and oxygen atoms in total. The van der Waals surface area contributed by atoms with Crippen LogP contribution >= 0.6 is 0 Å². The quantitative estimate of drug-likeness (QED) is 0.869. The lowest BCUT2D eigenvalue weighted by Gasteiger charge is -2.10. The number of nitrogen functional groups attached to an aromatic ring is 1. The van der Waals surface area contributed by atoms with E-state index in [9.17, 15) is 8.60 Å². The molecule has 2 N–H and O–H groups in total. The van der Waals surface area contributed by atoms with Crippen molar-refractivity contribution in [3.63, 3.8) is 0 Å². The molecule has 0 bridgehead atoms. The summed E-state index contributed by atoms with van der Waals surface area (Å²) in [6.45, 7) is 3.91. The van der Waals surface area contributed by atoms with Gasteiger partial charge in [0.25, 0.3) is 0 Å². The Balaban J connectivity index is 2.26. The van der Waals surface area contributed by atoms with Crippen LogP contribution in [-0.4, -0.2) is 19.0 Å². The average molecular weight is 282 g/mol. The van der Waals surface area contributed by atoms with Crippen molar-refractivity contribution < 1.29 is 8.60 Å². The van der Waals surface area contributed by atoms with Gasteiger partial charge in [-0.25, -0.2) is 14.1 Å². The fourth-order valence-electron chi connectivity index (χ4n) is 1.71. The second kappa shape index (κ2) is 5.48. The minimum Gasteiger partial charge on any atom is -0.398 e. The summed E-state index contributed by atoms with van der Waals surface area (Å²) in [5.74, 6) is 0.297. The first kappa shape index (κ1) is 13.7. The van der Waals surface area contributed by atoms with Crippen LogP contribution in [0.3, 0.4) is 0 Å². The standard InChI is InChI=1S/C12H15FN4OS/c1-8(2)17-12(15-7-16-17)6-19(18)11-5-9(13)3-4-10(11)14/h3-5,7-8H,6,14H2,1-2H3. The van der Waals surface area contributed by atoms with Gasteiger partial charge in [-0.3, -0.25) is 4.21 Å². The van der Waals surface area contributed by atoms with Crippen molar-refractivity contribution in [2.24, 2.45) is 0 Å². The van der Waals surface area contributed by atoms with Crippen LogP contribution in [-0.2, 0) is 16.6 Å². The number of halogens is 1. The normalized spacial score (nSPS) is 12.8. The van der Waals surface area contributed by atoms with Crippen LogP contribution in [0.2, 0.25) is 0 Å². The molecule has 1 unspecified atom stereocenters. The largest absolute Gasteiger partial charge is 0.398 e.